The number of H-pyrrole nitrogens is 1. The van der Waals surface area contributed by atoms with Gasteiger partial charge in [-0.2, -0.15) is 0 Å². The summed E-state index contributed by atoms with van der Waals surface area (Å²) in [7, 11) is 0. The summed E-state index contributed by atoms with van der Waals surface area (Å²) in [6, 6.07) is 16.2. The quantitative estimate of drug-likeness (QED) is 0.754. The predicted molar refractivity (Wildman–Crippen MR) is 103 cm³/mol. The Labute approximate surface area is 157 Å². The summed E-state index contributed by atoms with van der Waals surface area (Å²) in [6.07, 6.45) is 0. The highest BCUT2D eigenvalue weighted by Gasteiger charge is 2.23. The third kappa shape index (κ3) is 3.95. The number of nitrogens with zero attached hydrogens (tertiary/aromatic N) is 2. The van der Waals surface area contributed by atoms with Gasteiger partial charge in [0.2, 0.25) is 0 Å². The summed E-state index contributed by atoms with van der Waals surface area (Å²) in [6.45, 7) is 4.37. The van der Waals surface area contributed by atoms with Gasteiger partial charge in [-0.25, -0.2) is 4.39 Å². The van der Waals surface area contributed by atoms with Crippen molar-refractivity contribution in [3.63, 3.8) is 0 Å². The van der Waals surface area contributed by atoms with Gasteiger partial charge in [0, 0.05) is 43.6 Å². The number of aromatic nitrogens is 1. The number of hydrogen-bond donors (Lipinski definition) is 1. The first-order valence-corrected chi connectivity index (χ1v) is 9.17. The number of ether oxygens (including phenoxy) is 1. The Hall–Kier alpha value is -2.86. The van der Waals surface area contributed by atoms with Crippen molar-refractivity contribution in [2.24, 2.45) is 0 Å². The average Bonchev–Trinajstić information content (AvgIpc) is 3.15. The van der Waals surface area contributed by atoms with Crippen LogP contribution in [-0.4, -0.2) is 60.0 Å². The summed E-state index contributed by atoms with van der Waals surface area (Å²) in [5.74, 6) is 0.481. The lowest BCUT2D eigenvalue weighted by Gasteiger charge is -2.34. The number of carbonyl (C=O) groups is 1. The molecule has 1 N–H and O–H groups in total. The Morgan fingerprint density at radius 1 is 1.04 bits per heavy atom. The van der Waals surface area contributed by atoms with E-state index < -0.39 is 0 Å². The number of halogens is 1. The molecule has 1 amide bonds. The first-order valence-electron chi connectivity index (χ1n) is 9.17. The van der Waals surface area contributed by atoms with Gasteiger partial charge in [-0.1, -0.05) is 24.3 Å². The molecule has 1 aromatic heterocycles. The Balaban J connectivity index is 1.29. The van der Waals surface area contributed by atoms with E-state index >= 15 is 0 Å². The number of amides is 1. The van der Waals surface area contributed by atoms with Gasteiger partial charge in [0.05, 0.1) is 0 Å². The normalized spacial score (nSPS) is 15.2. The van der Waals surface area contributed by atoms with Crippen molar-refractivity contribution in [2.45, 2.75) is 0 Å². The molecule has 6 heteroatoms. The molecule has 0 saturated carbocycles. The van der Waals surface area contributed by atoms with Gasteiger partial charge in [-0.3, -0.25) is 9.69 Å². The number of rotatable bonds is 5. The van der Waals surface area contributed by atoms with Crippen LogP contribution in [0.25, 0.3) is 10.9 Å². The van der Waals surface area contributed by atoms with E-state index in [1.807, 2.05) is 35.2 Å². The topological polar surface area (TPSA) is 48.6 Å². The van der Waals surface area contributed by atoms with E-state index in [1.54, 1.807) is 18.2 Å². The molecule has 4 rings (SSSR count). The molecular weight excluding hydrogens is 345 g/mol. The predicted octanol–water partition coefficient (Wildman–Crippen LogP) is 3.14. The van der Waals surface area contributed by atoms with E-state index in [4.69, 9.17) is 4.74 Å². The highest BCUT2D eigenvalue weighted by molar-refractivity contribution is 5.98. The number of hydrogen-bond acceptors (Lipinski definition) is 3. The van der Waals surface area contributed by atoms with E-state index in [0.29, 0.717) is 36.3 Å². The van der Waals surface area contributed by atoms with Crippen molar-refractivity contribution < 1.29 is 13.9 Å². The molecule has 1 fully saturated rings. The van der Waals surface area contributed by atoms with Gasteiger partial charge >= 0.3 is 0 Å². The molecule has 27 heavy (non-hydrogen) atoms. The Morgan fingerprint density at radius 3 is 2.56 bits per heavy atom. The van der Waals surface area contributed by atoms with Crippen LogP contribution < -0.4 is 4.74 Å². The van der Waals surface area contributed by atoms with Crippen LogP contribution in [-0.2, 0) is 0 Å². The highest BCUT2D eigenvalue weighted by Crippen LogP contribution is 2.20. The second-order valence-corrected chi connectivity index (χ2v) is 6.68. The van der Waals surface area contributed by atoms with E-state index in [0.717, 1.165) is 25.4 Å². The maximum absolute atomic E-state index is 13.8. The monoisotopic (exact) mass is 367 g/mol. The van der Waals surface area contributed by atoms with Crippen molar-refractivity contribution in [3.8, 4) is 5.75 Å². The first kappa shape index (κ1) is 17.5. The molecule has 1 saturated heterocycles. The van der Waals surface area contributed by atoms with Gasteiger partial charge in [0.1, 0.15) is 23.9 Å². The van der Waals surface area contributed by atoms with Crippen molar-refractivity contribution in [1.29, 1.82) is 0 Å². The summed E-state index contributed by atoms with van der Waals surface area (Å²) < 4.78 is 19.6. The van der Waals surface area contributed by atoms with E-state index in [9.17, 15) is 9.18 Å². The molecule has 0 bridgehead atoms. The zero-order valence-corrected chi connectivity index (χ0v) is 15.0. The zero-order valence-electron chi connectivity index (χ0n) is 15.0. The standard InChI is InChI=1S/C21H22FN3O2/c22-18-7-4-8-19-17(18)15-20(23-19)21(26)25-11-9-24(10-12-25)13-14-27-16-5-2-1-3-6-16/h1-8,15,23H,9-14H2. The molecule has 0 spiro atoms. The van der Waals surface area contributed by atoms with Crippen molar-refractivity contribution >= 4 is 16.8 Å². The van der Waals surface area contributed by atoms with Crippen molar-refractivity contribution in [1.82, 2.24) is 14.8 Å². The molecule has 5 nitrogen and oxygen atoms in total. The third-order valence-corrected chi connectivity index (χ3v) is 4.92. The summed E-state index contributed by atoms with van der Waals surface area (Å²) in [4.78, 5) is 19.9. The highest BCUT2D eigenvalue weighted by atomic mass is 19.1. The van der Waals surface area contributed by atoms with Crippen molar-refractivity contribution in [2.75, 3.05) is 39.3 Å². The zero-order chi connectivity index (χ0) is 18.6. The van der Waals surface area contributed by atoms with E-state index in [2.05, 4.69) is 9.88 Å². The summed E-state index contributed by atoms with van der Waals surface area (Å²) in [5.41, 5.74) is 1.09. The first-order chi connectivity index (χ1) is 13.2. The molecular formula is C21H22FN3O2. The fourth-order valence-corrected chi connectivity index (χ4v) is 3.39. The molecule has 0 radical (unpaired) electrons. The van der Waals surface area contributed by atoms with Crippen LogP contribution in [0, 0.1) is 5.82 Å². The minimum atomic E-state index is -0.314. The lowest BCUT2D eigenvalue weighted by atomic mass is 10.2. The van der Waals surface area contributed by atoms with Gasteiger partial charge in [-0.15, -0.1) is 0 Å². The van der Waals surface area contributed by atoms with Crippen molar-refractivity contribution in [3.05, 3.63) is 66.1 Å². The SMILES string of the molecule is O=C(c1cc2c(F)cccc2[nH]1)N1CCN(CCOc2ccccc2)CC1. The van der Waals surface area contributed by atoms with Crippen LogP contribution in [0.1, 0.15) is 10.5 Å². The number of nitrogens with one attached hydrogen (secondary N) is 1. The smallest absolute Gasteiger partial charge is 0.270 e. The maximum Gasteiger partial charge on any atom is 0.270 e. The molecule has 0 atom stereocenters. The molecule has 2 heterocycles. The van der Waals surface area contributed by atoms with Crippen LogP contribution in [0.2, 0.25) is 0 Å². The molecule has 3 aromatic rings. The summed E-state index contributed by atoms with van der Waals surface area (Å²) >= 11 is 0. The molecule has 1 aliphatic heterocycles. The number of fused-ring (bicyclic) bond motifs is 1. The Bertz CT molecular complexity index is 918. The second kappa shape index (κ2) is 7.80. The molecule has 140 valence electrons. The van der Waals surface area contributed by atoms with Crippen LogP contribution in [0.15, 0.2) is 54.6 Å². The lowest BCUT2D eigenvalue weighted by Crippen LogP contribution is -2.49. The lowest BCUT2D eigenvalue weighted by molar-refractivity contribution is 0.0615. The van der Waals surface area contributed by atoms with E-state index in [-0.39, 0.29) is 11.7 Å². The van der Waals surface area contributed by atoms with Gasteiger partial charge in [0.25, 0.3) is 5.91 Å². The number of piperazine rings is 1. The largest absolute Gasteiger partial charge is 0.492 e. The minimum absolute atomic E-state index is 0.0780. The minimum Gasteiger partial charge on any atom is -0.492 e. The van der Waals surface area contributed by atoms with Gasteiger partial charge in [-0.05, 0) is 30.3 Å². The van der Waals surface area contributed by atoms with E-state index in [1.165, 1.54) is 6.07 Å². The van der Waals surface area contributed by atoms with Crippen LogP contribution in [0.4, 0.5) is 4.39 Å². The van der Waals surface area contributed by atoms with Gasteiger partial charge in [0.15, 0.2) is 0 Å². The molecule has 0 unspecified atom stereocenters. The van der Waals surface area contributed by atoms with Crippen LogP contribution >= 0.6 is 0 Å². The Kier molecular flexibility index (Phi) is 5.07. The molecule has 1 aliphatic rings. The van der Waals surface area contributed by atoms with Crippen LogP contribution in [0.3, 0.4) is 0 Å². The number of aromatic amines is 1. The fourth-order valence-electron chi connectivity index (χ4n) is 3.39. The fraction of sp³-hybridized carbons (Fsp3) is 0.286. The molecule has 2 aromatic carbocycles. The average molecular weight is 367 g/mol. The van der Waals surface area contributed by atoms with Crippen LogP contribution in [0.5, 0.6) is 5.75 Å². The Morgan fingerprint density at radius 2 is 1.81 bits per heavy atom. The number of benzene rings is 2. The molecule has 0 aliphatic carbocycles. The summed E-state index contributed by atoms with van der Waals surface area (Å²) in [5, 5.41) is 0.456. The third-order valence-electron chi connectivity index (χ3n) is 4.92. The second-order valence-electron chi connectivity index (χ2n) is 6.68. The maximum atomic E-state index is 13.8. The number of para-hydroxylation sites is 1. The number of carbonyl (C=O) groups excluding carboxylic acids is 1. The van der Waals surface area contributed by atoms with Gasteiger partial charge < -0.3 is 14.6 Å².